The molecule has 0 unspecified atom stereocenters. The quantitative estimate of drug-likeness (QED) is 0.767. The molecule has 3 aromatic rings. The van der Waals surface area contributed by atoms with Crippen LogP contribution >= 0.6 is 11.3 Å². The average Bonchev–Trinajstić information content (AvgIpc) is 2.91. The molecule has 3 heterocycles. The minimum atomic E-state index is -0.0532. The maximum atomic E-state index is 12.8. The van der Waals surface area contributed by atoms with Gasteiger partial charge in [-0.25, -0.2) is 4.98 Å². The summed E-state index contributed by atoms with van der Waals surface area (Å²) in [5, 5.41) is 0.700. The fourth-order valence-electron chi connectivity index (χ4n) is 3.82. The van der Waals surface area contributed by atoms with Crippen LogP contribution in [-0.4, -0.2) is 40.2 Å². The van der Waals surface area contributed by atoms with Crippen molar-refractivity contribution < 1.29 is 4.74 Å². The summed E-state index contributed by atoms with van der Waals surface area (Å²) in [6.07, 6.45) is 0.394. The van der Waals surface area contributed by atoms with E-state index in [2.05, 4.69) is 30.7 Å². The summed E-state index contributed by atoms with van der Waals surface area (Å²) in [5.41, 5.74) is 2.01. The van der Waals surface area contributed by atoms with Crippen LogP contribution < -0.4 is 5.56 Å². The first-order valence-corrected chi connectivity index (χ1v) is 9.78. The standard InChI is InChI=1S/C20H23N3O2S/c1-12-9-23(10-13(2)25-12)11-16-21-19(24)18-17(14(3)26-20(18)22-16)15-7-5-4-6-8-15/h4-8,12-13H,9-11H2,1-3H3,(H,21,22,24)/t12-,13+. The minimum absolute atomic E-state index is 0.0532. The maximum Gasteiger partial charge on any atom is 0.260 e. The third kappa shape index (κ3) is 3.32. The summed E-state index contributed by atoms with van der Waals surface area (Å²) >= 11 is 1.59. The Morgan fingerprint density at radius 2 is 1.92 bits per heavy atom. The number of thiophene rings is 1. The number of nitrogens with one attached hydrogen (secondary N) is 1. The van der Waals surface area contributed by atoms with Crippen LogP contribution in [0.25, 0.3) is 21.3 Å². The predicted octanol–water partition coefficient (Wildman–Crippen LogP) is 3.57. The van der Waals surface area contributed by atoms with Gasteiger partial charge in [-0.1, -0.05) is 30.3 Å². The highest BCUT2D eigenvalue weighted by Gasteiger charge is 2.23. The lowest BCUT2D eigenvalue weighted by molar-refractivity contribution is -0.0710. The molecule has 1 aliphatic rings. The van der Waals surface area contributed by atoms with E-state index in [9.17, 15) is 4.79 Å². The van der Waals surface area contributed by atoms with E-state index in [0.29, 0.717) is 11.9 Å². The molecule has 0 bridgehead atoms. The van der Waals surface area contributed by atoms with Crippen molar-refractivity contribution in [3.8, 4) is 11.1 Å². The van der Waals surface area contributed by atoms with Gasteiger partial charge in [0.15, 0.2) is 0 Å². The number of morpholine rings is 1. The highest BCUT2D eigenvalue weighted by Crippen LogP contribution is 2.35. The highest BCUT2D eigenvalue weighted by molar-refractivity contribution is 7.19. The van der Waals surface area contributed by atoms with E-state index in [1.807, 2.05) is 30.3 Å². The molecular formula is C20H23N3O2S. The molecule has 5 nitrogen and oxygen atoms in total. The highest BCUT2D eigenvalue weighted by atomic mass is 32.1. The number of H-pyrrole nitrogens is 1. The van der Waals surface area contributed by atoms with E-state index in [1.54, 1.807) is 11.3 Å². The molecule has 1 fully saturated rings. The Bertz CT molecular complexity index is 970. The Balaban J connectivity index is 1.71. The van der Waals surface area contributed by atoms with Gasteiger partial charge in [0.1, 0.15) is 10.7 Å². The summed E-state index contributed by atoms with van der Waals surface area (Å²) < 4.78 is 5.78. The Morgan fingerprint density at radius 3 is 2.62 bits per heavy atom. The van der Waals surface area contributed by atoms with Crippen molar-refractivity contribution in [1.29, 1.82) is 0 Å². The van der Waals surface area contributed by atoms with Gasteiger partial charge in [-0.15, -0.1) is 11.3 Å². The molecule has 0 saturated carbocycles. The second kappa shape index (κ2) is 6.95. The van der Waals surface area contributed by atoms with Gasteiger partial charge in [0.05, 0.1) is 24.1 Å². The van der Waals surface area contributed by atoms with Crippen molar-refractivity contribution in [2.24, 2.45) is 0 Å². The van der Waals surface area contributed by atoms with Crippen molar-refractivity contribution in [3.63, 3.8) is 0 Å². The van der Waals surface area contributed by atoms with Crippen molar-refractivity contribution >= 4 is 21.6 Å². The number of nitrogens with zero attached hydrogens (tertiary/aromatic N) is 2. The largest absolute Gasteiger partial charge is 0.373 e. The Morgan fingerprint density at radius 1 is 1.23 bits per heavy atom. The monoisotopic (exact) mass is 369 g/mol. The molecular weight excluding hydrogens is 346 g/mol. The maximum absolute atomic E-state index is 12.8. The van der Waals surface area contributed by atoms with E-state index in [-0.39, 0.29) is 17.8 Å². The second-order valence-electron chi connectivity index (χ2n) is 7.04. The van der Waals surface area contributed by atoms with Gasteiger partial charge in [0, 0.05) is 23.5 Å². The lowest BCUT2D eigenvalue weighted by Gasteiger charge is -2.34. The zero-order chi connectivity index (χ0) is 18.3. The number of hydrogen-bond acceptors (Lipinski definition) is 5. The van der Waals surface area contributed by atoms with Crippen LogP contribution in [0.2, 0.25) is 0 Å². The van der Waals surface area contributed by atoms with Crippen molar-refractivity contribution in [2.45, 2.75) is 39.5 Å². The van der Waals surface area contributed by atoms with Crippen LogP contribution in [-0.2, 0) is 11.3 Å². The Hall–Kier alpha value is -2.02. The number of aryl methyl sites for hydroxylation is 1. The SMILES string of the molecule is Cc1sc2nc(CN3C[C@@H](C)O[C@@H](C)C3)[nH]c(=O)c2c1-c1ccccc1. The molecule has 26 heavy (non-hydrogen) atoms. The van der Waals surface area contributed by atoms with Gasteiger partial charge in [-0.3, -0.25) is 9.69 Å². The molecule has 1 aromatic carbocycles. The first-order chi connectivity index (χ1) is 12.5. The summed E-state index contributed by atoms with van der Waals surface area (Å²) in [7, 11) is 0. The zero-order valence-corrected chi connectivity index (χ0v) is 16.1. The first kappa shape index (κ1) is 17.4. The van der Waals surface area contributed by atoms with Gasteiger partial charge in [0.2, 0.25) is 0 Å². The van der Waals surface area contributed by atoms with Crippen LogP contribution in [0.3, 0.4) is 0 Å². The van der Waals surface area contributed by atoms with E-state index in [0.717, 1.165) is 39.7 Å². The molecule has 1 N–H and O–H groups in total. The average molecular weight is 369 g/mol. The molecule has 6 heteroatoms. The van der Waals surface area contributed by atoms with E-state index in [1.165, 1.54) is 0 Å². The van der Waals surface area contributed by atoms with Gasteiger partial charge < -0.3 is 9.72 Å². The third-order valence-electron chi connectivity index (χ3n) is 4.72. The molecule has 1 aliphatic heterocycles. The van der Waals surface area contributed by atoms with Crippen LogP contribution in [0, 0.1) is 6.92 Å². The van der Waals surface area contributed by atoms with Gasteiger partial charge in [-0.05, 0) is 26.3 Å². The normalized spacial score (nSPS) is 21.3. The van der Waals surface area contributed by atoms with Crippen molar-refractivity contribution in [3.05, 3.63) is 51.4 Å². The molecule has 1 saturated heterocycles. The summed E-state index contributed by atoms with van der Waals surface area (Å²) in [6, 6.07) is 10.1. The molecule has 4 rings (SSSR count). The Labute approximate surface area is 156 Å². The molecule has 0 radical (unpaired) electrons. The second-order valence-corrected chi connectivity index (χ2v) is 8.25. The lowest BCUT2D eigenvalue weighted by Crippen LogP contribution is -2.45. The summed E-state index contributed by atoms with van der Waals surface area (Å²) in [6.45, 7) is 8.56. The smallest absolute Gasteiger partial charge is 0.260 e. The predicted molar refractivity (Wildman–Crippen MR) is 106 cm³/mol. The Kier molecular flexibility index (Phi) is 4.65. The van der Waals surface area contributed by atoms with E-state index in [4.69, 9.17) is 9.72 Å². The van der Waals surface area contributed by atoms with Gasteiger partial charge in [0.25, 0.3) is 5.56 Å². The van der Waals surface area contributed by atoms with Crippen LogP contribution in [0.15, 0.2) is 35.1 Å². The van der Waals surface area contributed by atoms with E-state index < -0.39 is 0 Å². The summed E-state index contributed by atoms with van der Waals surface area (Å²) in [5.74, 6) is 0.727. The number of aromatic amines is 1. The number of rotatable bonds is 3. The van der Waals surface area contributed by atoms with Gasteiger partial charge in [-0.2, -0.15) is 0 Å². The number of aromatic nitrogens is 2. The third-order valence-corrected chi connectivity index (χ3v) is 5.72. The molecule has 0 aliphatic carbocycles. The molecule has 2 aromatic heterocycles. The van der Waals surface area contributed by atoms with Gasteiger partial charge >= 0.3 is 0 Å². The van der Waals surface area contributed by atoms with Crippen molar-refractivity contribution in [1.82, 2.24) is 14.9 Å². The number of benzene rings is 1. The molecule has 2 atom stereocenters. The zero-order valence-electron chi connectivity index (χ0n) is 15.3. The summed E-state index contributed by atoms with van der Waals surface area (Å²) in [4.78, 5) is 24.8. The number of ether oxygens (including phenoxy) is 1. The fraction of sp³-hybridized carbons (Fsp3) is 0.400. The first-order valence-electron chi connectivity index (χ1n) is 8.97. The number of fused-ring (bicyclic) bond motifs is 1. The molecule has 0 amide bonds. The number of hydrogen-bond donors (Lipinski definition) is 1. The molecule has 136 valence electrons. The van der Waals surface area contributed by atoms with Crippen LogP contribution in [0.4, 0.5) is 0 Å². The fourth-order valence-corrected chi connectivity index (χ4v) is 4.88. The van der Waals surface area contributed by atoms with E-state index >= 15 is 0 Å². The van der Waals surface area contributed by atoms with Crippen LogP contribution in [0.5, 0.6) is 0 Å². The van der Waals surface area contributed by atoms with Crippen molar-refractivity contribution in [2.75, 3.05) is 13.1 Å². The topological polar surface area (TPSA) is 58.2 Å². The molecule has 0 spiro atoms. The lowest BCUT2D eigenvalue weighted by atomic mass is 10.0. The van der Waals surface area contributed by atoms with Crippen LogP contribution in [0.1, 0.15) is 24.5 Å². The minimum Gasteiger partial charge on any atom is -0.373 e.